The summed E-state index contributed by atoms with van der Waals surface area (Å²) >= 11 is 0. The number of fused-ring (bicyclic) bond motifs is 1. The maximum Gasteiger partial charge on any atom is 0.227 e. The van der Waals surface area contributed by atoms with E-state index >= 15 is 0 Å². The SMILES string of the molecule is c1ccc(-c2ccc(-c3nc(-c4ccc(-c5ccccc5)cc4)nc(-c4cc5ccc6cccc7c8ccnc9oc4c(c98)c5c67)n3)cc2)cc1. The van der Waals surface area contributed by atoms with Gasteiger partial charge in [-0.3, -0.25) is 0 Å². The van der Waals surface area contributed by atoms with Gasteiger partial charge < -0.3 is 4.42 Å². The number of nitrogens with zero attached hydrogens (tertiary/aromatic N) is 4. The lowest BCUT2D eigenvalue weighted by molar-refractivity contribution is 0.655. The molecule has 0 N–H and O–H groups in total. The average molecular weight is 651 g/mol. The van der Waals surface area contributed by atoms with Gasteiger partial charge in [0.2, 0.25) is 5.71 Å². The molecule has 236 valence electrons. The highest BCUT2D eigenvalue weighted by Crippen LogP contribution is 2.48. The molecule has 0 atom stereocenters. The van der Waals surface area contributed by atoms with Crippen molar-refractivity contribution in [1.29, 1.82) is 0 Å². The van der Waals surface area contributed by atoms with Crippen LogP contribution >= 0.6 is 0 Å². The molecule has 0 radical (unpaired) electrons. The van der Waals surface area contributed by atoms with Gasteiger partial charge in [-0.1, -0.05) is 140 Å². The second-order valence-corrected chi connectivity index (χ2v) is 13.0. The monoisotopic (exact) mass is 650 g/mol. The van der Waals surface area contributed by atoms with Gasteiger partial charge in [-0.2, -0.15) is 0 Å². The molecule has 51 heavy (non-hydrogen) atoms. The molecule has 3 aromatic heterocycles. The Morgan fingerprint density at radius 2 is 0.922 bits per heavy atom. The van der Waals surface area contributed by atoms with Crippen LogP contribution in [-0.4, -0.2) is 19.9 Å². The largest absolute Gasteiger partial charge is 0.437 e. The summed E-state index contributed by atoms with van der Waals surface area (Å²) in [4.78, 5) is 20.1. The minimum absolute atomic E-state index is 0.552. The number of furan rings is 1. The zero-order valence-corrected chi connectivity index (χ0v) is 27.2. The van der Waals surface area contributed by atoms with E-state index in [0.29, 0.717) is 23.2 Å². The Morgan fingerprint density at radius 3 is 1.57 bits per heavy atom. The van der Waals surface area contributed by atoms with Crippen LogP contribution in [0.5, 0.6) is 0 Å². The summed E-state index contributed by atoms with van der Waals surface area (Å²) in [5.41, 5.74) is 8.56. The molecule has 11 rings (SSSR count). The van der Waals surface area contributed by atoms with Crippen LogP contribution in [0, 0.1) is 0 Å². The topological polar surface area (TPSA) is 64.7 Å². The standard InChI is InChI=1S/C46H26N4O/c1-3-8-27(9-4-1)29-14-19-32(20-15-29)43-48-44(33-21-16-30(17-22-33)28-10-5-2-6-11-28)50-45(49-43)37-26-34-23-18-31-12-7-13-35-36-24-25-47-46-40(36)41(42(37)51-46)39(34)38(31)35/h1-26H. The van der Waals surface area contributed by atoms with Crippen LogP contribution < -0.4 is 0 Å². The molecule has 0 saturated carbocycles. The molecule has 11 aromatic rings. The van der Waals surface area contributed by atoms with Gasteiger partial charge in [0, 0.05) is 28.1 Å². The fourth-order valence-electron chi connectivity index (χ4n) is 7.71. The van der Waals surface area contributed by atoms with Crippen molar-refractivity contribution in [3.8, 4) is 56.4 Å². The molecule has 0 aliphatic heterocycles. The third-order valence-corrected chi connectivity index (χ3v) is 10.1. The van der Waals surface area contributed by atoms with Crippen LogP contribution in [-0.2, 0) is 0 Å². The first-order chi connectivity index (χ1) is 25.3. The molecule has 3 heterocycles. The van der Waals surface area contributed by atoms with E-state index in [-0.39, 0.29) is 0 Å². The Hall–Kier alpha value is -6.98. The summed E-state index contributed by atoms with van der Waals surface area (Å²) < 4.78 is 6.67. The summed E-state index contributed by atoms with van der Waals surface area (Å²) in [6.45, 7) is 0. The number of rotatable bonds is 5. The molecule has 5 nitrogen and oxygen atoms in total. The second kappa shape index (κ2) is 10.8. The van der Waals surface area contributed by atoms with Gasteiger partial charge in [-0.05, 0) is 61.3 Å². The predicted octanol–water partition coefficient (Wildman–Crippen LogP) is 11.8. The van der Waals surface area contributed by atoms with Gasteiger partial charge in [-0.25, -0.2) is 19.9 Å². The first-order valence-electron chi connectivity index (χ1n) is 17.0. The Balaban J connectivity index is 1.15. The lowest BCUT2D eigenvalue weighted by Gasteiger charge is -2.14. The van der Waals surface area contributed by atoms with Crippen molar-refractivity contribution in [3.05, 3.63) is 158 Å². The summed E-state index contributed by atoms with van der Waals surface area (Å²) in [7, 11) is 0. The Bertz CT molecular complexity index is 2940. The van der Waals surface area contributed by atoms with Gasteiger partial charge >= 0.3 is 0 Å². The summed E-state index contributed by atoms with van der Waals surface area (Å²) in [5, 5.41) is 9.17. The van der Waals surface area contributed by atoms with Crippen molar-refractivity contribution in [2.75, 3.05) is 0 Å². The van der Waals surface area contributed by atoms with E-state index in [4.69, 9.17) is 24.4 Å². The van der Waals surface area contributed by atoms with Crippen molar-refractivity contribution in [2.24, 2.45) is 0 Å². The van der Waals surface area contributed by atoms with Crippen molar-refractivity contribution in [1.82, 2.24) is 19.9 Å². The van der Waals surface area contributed by atoms with E-state index in [0.717, 1.165) is 66.1 Å². The highest BCUT2D eigenvalue weighted by atomic mass is 16.3. The molecule has 0 amide bonds. The average Bonchev–Trinajstić information content (AvgIpc) is 3.61. The smallest absolute Gasteiger partial charge is 0.227 e. The zero-order chi connectivity index (χ0) is 33.5. The first-order valence-corrected chi connectivity index (χ1v) is 17.0. The molecule has 0 fully saturated rings. The molecule has 0 saturated heterocycles. The predicted molar refractivity (Wildman–Crippen MR) is 207 cm³/mol. The quantitative estimate of drug-likeness (QED) is 0.137. The maximum atomic E-state index is 6.67. The molecule has 8 aromatic carbocycles. The molecule has 0 aliphatic rings. The Kier molecular flexibility index (Phi) is 5.89. The van der Waals surface area contributed by atoms with Crippen LogP contribution in [0.25, 0.3) is 111 Å². The number of aromatic nitrogens is 4. The van der Waals surface area contributed by atoms with Crippen LogP contribution in [0.2, 0.25) is 0 Å². The van der Waals surface area contributed by atoms with Gasteiger partial charge in [0.05, 0.1) is 10.9 Å². The molecular weight excluding hydrogens is 625 g/mol. The number of hydrogen-bond acceptors (Lipinski definition) is 5. The van der Waals surface area contributed by atoms with Crippen molar-refractivity contribution in [3.63, 3.8) is 0 Å². The summed E-state index contributed by atoms with van der Waals surface area (Å²) in [6.07, 6.45) is 1.83. The summed E-state index contributed by atoms with van der Waals surface area (Å²) in [6, 6.07) is 52.8. The van der Waals surface area contributed by atoms with Crippen molar-refractivity contribution >= 4 is 54.4 Å². The van der Waals surface area contributed by atoms with Gasteiger partial charge in [0.25, 0.3) is 0 Å². The lowest BCUT2D eigenvalue weighted by atomic mass is 9.89. The fraction of sp³-hybridized carbons (Fsp3) is 0. The first kappa shape index (κ1) is 27.9. The lowest BCUT2D eigenvalue weighted by Crippen LogP contribution is -2.01. The Morgan fingerprint density at radius 1 is 0.373 bits per heavy atom. The molecule has 0 unspecified atom stereocenters. The highest BCUT2D eigenvalue weighted by Gasteiger charge is 2.25. The van der Waals surface area contributed by atoms with Gasteiger partial charge in [-0.15, -0.1) is 0 Å². The number of hydrogen-bond donors (Lipinski definition) is 0. The van der Waals surface area contributed by atoms with Crippen molar-refractivity contribution < 1.29 is 4.42 Å². The minimum Gasteiger partial charge on any atom is -0.437 e. The zero-order valence-electron chi connectivity index (χ0n) is 27.2. The summed E-state index contributed by atoms with van der Waals surface area (Å²) in [5.74, 6) is 1.74. The second-order valence-electron chi connectivity index (χ2n) is 13.0. The molecule has 0 bridgehead atoms. The normalized spacial score (nSPS) is 11.9. The van der Waals surface area contributed by atoms with E-state index in [1.807, 2.05) is 18.3 Å². The van der Waals surface area contributed by atoms with E-state index < -0.39 is 0 Å². The van der Waals surface area contributed by atoms with Crippen LogP contribution in [0.15, 0.2) is 162 Å². The van der Waals surface area contributed by atoms with Gasteiger partial charge in [0.1, 0.15) is 5.58 Å². The maximum absolute atomic E-state index is 6.67. The van der Waals surface area contributed by atoms with Crippen LogP contribution in [0.1, 0.15) is 0 Å². The van der Waals surface area contributed by atoms with Gasteiger partial charge in [0.15, 0.2) is 17.5 Å². The van der Waals surface area contributed by atoms with Crippen LogP contribution in [0.4, 0.5) is 0 Å². The molecule has 0 aliphatic carbocycles. The van der Waals surface area contributed by atoms with E-state index in [1.165, 1.54) is 21.5 Å². The fourth-order valence-corrected chi connectivity index (χ4v) is 7.71. The van der Waals surface area contributed by atoms with E-state index in [2.05, 4.69) is 140 Å². The van der Waals surface area contributed by atoms with Crippen LogP contribution in [0.3, 0.4) is 0 Å². The highest BCUT2D eigenvalue weighted by molar-refractivity contribution is 6.40. The van der Waals surface area contributed by atoms with E-state index in [1.54, 1.807) is 0 Å². The minimum atomic E-state index is 0.552. The molecular formula is C46H26N4O. The third-order valence-electron chi connectivity index (χ3n) is 10.1. The molecule has 5 heteroatoms. The number of benzene rings is 8. The Labute approximate surface area is 292 Å². The van der Waals surface area contributed by atoms with E-state index in [9.17, 15) is 0 Å². The number of pyridine rings is 1. The third kappa shape index (κ3) is 4.28. The molecule has 0 spiro atoms. The van der Waals surface area contributed by atoms with Crippen molar-refractivity contribution in [2.45, 2.75) is 0 Å².